The van der Waals surface area contributed by atoms with Crippen molar-refractivity contribution in [2.75, 3.05) is 0 Å². The molecule has 0 radical (unpaired) electrons. The fourth-order valence-corrected chi connectivity index (χ4v) is 4.00. The average Bonchev–Trinajstić information content (AvgIpc) is 2.91. The van der Waals surface area contributed by atoms with Crippen LogP contribution in [0.3, 0.4) is 0 Å². The number of amides is 2. The van der Waals surface area contributed by atoms with Gasteiger partial charge in [0, 0.05) is 16.1 Å². The third-order valence-corrected chi connectivity index (χ3v) is 5.98. The molecule has 36 heavy (non-hydrogen) atoms. The van der Waals surface area contributed by atoms with Crippen LogP contribution in [0.25, 0.3) is 0 Å². The van der Waals surface area contributed by atoms with Gasteiger partial charge in [-0.3, -0.25) is 15.0 Å². The second-order valence-corrected chi connectivity index (χ2v) is 8.65. The van der Waals surface area contributed by atoms with E-state index >= 15 is 0 Å². The minimum Gasteiger partial charge on any atom is -0.384 e. The van der Waals surface area contributed by atoms with Crippen molar-refractivity contribution in [3.63, 3.8) is 0 Å². The quantitative estimate of drug-likeness (QED) is 0.203. The van der Waals surface area contributed by atoms with E-state index in [1.165, 1.54) is 6.07 Å². The summed E-state index contributed by atoms with van der Waals surface area (Å²) in [7, 11) is 0. The summed E-state index contributed by atoms with van der Waals surface area (Å²) in [5.74, 6) is -0.971. The van der Waals surface area contributed by atoms with E-state index in [0.717, 1.165) is 11.1 Å². The summed E-state index contributed by atoms with van der Waals surface area (Å²) in [6.07, 6.45) is 0. The monoisotopic (exact) mass is 496 g/mol. The zero-order valence-electron chi connectivity index (χ0n) is 19.3. The number of rotatable bonds is 8. The summed E-state index contributed by atoms with van der Waals surface area (Å²) in [4.78, 5) is 26.9. The van der Waals surface area contributed by atoms with Crippen molar-refractivity contribution in [2.24, 2.45) is 5.73 Å². The number of benzene rings is 4. The number of nitrogen functional groups attached to an aromatic ring is 1. The molecule has 0 aliphatic heterocycles. The van der Waals surface area contributed by atoms with Gasteiger partial charge in [0.1, 0.15) is 11.9 Å². The van der Waals surface area contributed by atoms with Gasteiger partial charge in [0.2, 0.25) is 5.91 Å². The van der Waals surface area contributed by atoms with Crippen LogP contribution in [0.4, 0.5) is 0 Å². The summed E-state index contributed by atoms with van der Waals surface area (Å²) in [6, 6.07) is 30.9. The molecule has 7 heteroatoms. The molecule has 4 rings (SSSR count). The number of hydrogen-bond donors (Lipinski definition) is 4. The lowest BCUT2D eigenvalue weighted by Gasteiger charge is -2.25. The van der Waals surface area contributed by atoms with E-state index < -0.39 is 18.0 Å². The fourth-order valence-electron chi connectivity index (χ4n) is 3.87. The van der Waals surface area contributed by atoms with Crippen molar-refractivity contribution < 1.29 is 9.59 Å². The Bertz CT molecular complexity index is 1360. The predicted octanol–water partition coefficient (Wildman–Crippen LogP) is 5.00. The number of carbonyl (C=O) groups is 2. The molecule has 0 aliphatic carbocycles. The largest absolute Gasteiger partial charge is 0.384 e. The minimum atomic E-state index is -0.960. The molecular weight excluding hydrogens is 472 g/mol. The van der Waals surface area contributed by atoms with Crippen molar-refractivity contribution >= 4 is 29.3 Å². The highest BCUT2D eigenvalue weighted by Gasteiger charge is 2.27. The Morgan fingerprint density at radius 3 is 1.86 bits per heavy atom. The van der Waals surface area contributed by atoms with Crippen LogP contribution >= 0.6 is 11.6 Å². The van der Waals surface area contributed by atoms with Gasteiger partial charge in [0.05, 0.1) is 6.04 Å². The molecule has 4 aromatic rings. The van der Waals surface area contributed by atoms with Gasteiger partial charge in [-0.05, 0) is 41.0 Å². The standard InChI is InChI=1S/C29H25ClN4O2/c30-24-16-14-21(15-17-24)25(19-8-3-1-4-9-19)33-29(36)26(20-10-5-2-6-11-20)34-28(35)23-13-7-12-22(18-23)27(31)32/h1-18,25-26H,(H3,31,32)(H,33,36)(H,34,35)/t25?,26-/m1/s1. The van der Waals surface area contributed by atoms with Gasteiger partial charge in [-0.15, -0.1) is 0 Å². The van der Waals surface area contributed by atoms with Gasteiger partial charge in [-0.25, -0.2) is 0 Å². The van der Waals surface area contributed by atoms with Gasteiger partial charge >= 0.3 is 0 Å². The molecule has 0 saturated heterocycles. The van der Waals surface area contributed by atoms with E-state index in [1.54, 1.807) is 42.5 Å². The maximum Gasteiger partial charge on any atom is 0.252 e. The van der Waals surface area contributed by atoms with Crippen molar-refractivity contribution in [3.05, 3.63) is 142 Å². The summed E-state index contributed by atoms with van der Waals surface area (Å²) in [5, 5.41) is 14.2. The second-order valence-electron chi connectivity index (χ2n) is 8.22. The maximum absolute atomic E-state index is 13.7. The summed E-state index contributed by atoms with van der Waals surface area (Å²) < 4.78 is 0. The van der Waals surface area contributed by atoms with E-state index in [0.29, 0.717) is 21.7 Å². The Morgan fingerprint density at radius 1 is 0.694 bits per heavy atom. The molecule has 0 bridgehead atoms. The van der Waals surface area contributed by atoms with Crippen molar-refractivity contribution in [3.8, 4) is 0 Å². The summed E-state index contributed by atoms with van der Waals surface area (Å²) >= 11 is 6.09. The van der Waals surface area contributed by atoms with Crippen LogP contribution in [-0.4, -0.2) is 17.6 Å². The van der Waals surface area contributed by atoms with Gasteiger partial charge in [-0.1, -0.05) is 96.5 Å². The van der Waals surface area contributed by atoms with Crippen molar-refractivity contribution in [2.45, 2.75) is 12.1 Å². The Balaban J connectivity index is 1.65. The van der Waals surface area contributed by atoms with Gasteiger partial charge < -0.3 is 16.4 Å². The number of carbonyl (C=O) groups excluding carboxylic acids is 2. The zero-order valence-corrected chi connectivity index (χ0v) is 20.1. The maximum atomic E-state index is 13.7. The van der Waals surface area contributed by atoms with Crippen LogP contribution in [0.15, 0.2) is 109 Å². The first-order valence-electron chi connectivity index (χ1n) is 11.3. The molecule has 0 saturated carbocycles. The SMILES string of the molecule is N=C(N)c1cccc(C(=O)N[C@@H](C(=O)NC(c2ccccc2)c2ccc(Cl)cc2)c2ccccc2)c1. The van der Waals surface area contributed by atoms with Gasteiger partial charge in [-0.2, -0.15) is 0 Å². The summed E-state index contributed by atoms with van der Waals surface area (Å²) in [6.45, 7) is 0. The number of halogens is 1. The fraction of sp³-hybridized carbons (Fsp3) is 0.0690. The Hall–Kier alpha value is -4.42. The van der Waals surface area contributed by atoms with Crippen LogP contribution in [0.2, 0.25) is 5.02 Å². The van der Waals surface area contributed by atoms with Gasteiger partial charge in [0.25, 0.3) is 5.91 Å². The summed E-state index contributed by atoms with van der Waals surface area (Å²) in [5.41, 5.74) is 8.68. The molecule has 1 unspecified atom stereocenters. The highest BCUT2D eigenvalue weighted by Crippen LogP contribution is 2.25. The first-order valence-corrected chi connectivity index (χ1v) is 11.7. The third kappa shape index (κ3) is 5.98. The Kier molecular flexibility index (Phi) is 7.78. The number of amidine groups is 1. The van der Waals surface area contributed by atoms with Crippen LogP contribution < -0.4 is 16.4 Å². The van der Waals surface area contributed by atoms with Gasteiger partial charge in [0.15, 0.2) is 0 Å². The lowest BCUT2D eigenvalue weighted by molar-refractivity contribution is -0.123. The molecule has 0 aliphatic rings. The van der Waals surface area contributed by atoms with Crippen molar-refractivity contribution in [1.82, 2.24) is 10.6 Å². The third-order valence-electron chi connectivity index (χ3n) is 5.73. The predicted molar refractivity (Wildman–Crippen MR) is 142 cm³/mol. The molecule has 0 aromatic heterocycles. The zero-order chi connectivity index (χ0) is 25.5. The first-order chi connectivity index (χ1) is 17.4. The van der Waals surface area contributed by atoms with Crippen LogP contribution in [0.1, 0.15) is 44.7 Å². The van der Waals surface area contributed by atoms with Crippen molar-refractivity contribution in [1.29, 1.82) is 5.41 Å². The van der Waals surface area contributed by atoms with E-state index in [4.69, 9.17) is 22.7 Å². The van der Waals surface area contributed by atoms with E-state index in [2.05, 4.69) is 10.6 Å². The highest BCUT2D eigenvalue weighted by molar-refractivity contribution is 6.30. The molecule has 0 fully saturated rings. The minimum absolute atomic E-state index is 0.143. The highest BCUT2D eigenvalue weighted by atomic mass is 35.5. The number of hydrogen-bond acceptors (Lipinski definition) is 3. The Morgan fingerprint density at radius 2 is 1.25 bits per heavy atom. The van der Waals surface area contributed by atoms with E-state index in [1.807, 2.05) is 60.7 Å². The average molecular weight is 497 g/mol. The van der Waals surface area contributed by atoms with Crippen LogP contribution in [0, 0.1) is 5.41 Å². The van der Waals surface area contributed by atoms with E-state index in [-0.39, 0.29) is 11.7 Å². The molecule has 2 atom stereocenters. The smallest absolute Gasteiger partial charge is 0.252 e. The molecule has 2 amide bonds. The first kappa shape index (κ1) is 24.7. The molecule has 180 valence electrons. The number of nitrogens with one attached hydrogen (secondary N) is 3. The topological polar surface area (TPSA) is 108 Å². The molecule has 4 aromatic carbocycles. The van der Waals surface area contributed by atoms with E-state index in [9.17, 15) is 9.59 Å². The molecule has 0 spiro atoms. The molecule has 5 N–H and O–H groups in total. The number of nitrogens with two attached hydrogens (primary N) is 1. The van der Waals surface area contributed by atoms with Crippen LogP contribution in [-0.2, 0) is 4.79 Å². The van der Waals surface area contributed by atoms with Crippen LogP contribution in [0.5, 0.6) is 0 Å². The normalized spacial score (nSPS) is 12.2. The second kappa shape index (κ2) is 11.3. The lowest BCUT2D eigenvalue weighted by Crippen LogP contribution is -2.42. The molecule has 0 heterocycles. The lowest BCUT2D eigenvalue weighted by atomic mass is 9.97. The molecule has 6 nitrogen and oxygen atoms in total. The molecular formula is C29H25ClN4O2. The Labute approximate surface area is 214 Å².